The van der Waals surface area contributed by atoms with Gasteiger partial charge in [0.05, 0.1) is 12.1 Å². The number of carbonyl (C=O) groups excluding carboxylic acids is 1. The third-order valence-corrected chi connectivity index (χ3v) is 3.72. The molecule has 4 nitrogen and oxygen atoms in total. The molecule has 0 fully saturated rings. The fourth-order valence-corrected chi connectivity index (χ4v) is 2.49. The van der Waals surface area contributed by atoms with Gasteiger partial charge in [0.15, 0.2) is 0 Å². The Morgan fingerprint density at radius 2 is 2.25 bits per heavy atom. The lowest BCUT2D eigenvalue weighted by atomic mass is 10.1. The Kier molecular flexibility index (Phi) is 4.76. The first-order chi connectivity index (χ1) is 9.56. The van der Waals surface area contributed by atoms with Crippen LogP contribution < -0.4 is 5.43 Å². The molecule has 0 saturated heterocycles. The lowest BCUT2D eigenvalue weighted by Crippen LogP contribution is -2.20. The van der Waals surface area contributed by atoms with Gasteiger partial charge in [-0.1, -0.05) is 17.7 Å². The predicted octanol–water partition coefficient (Wildman–Crippen LogP) is 3.19. The third-order valence-electron chi connectivity index (χ3n) is 2.61. The number of hydrazone groups is 1. The molecule has 2 aromatic rings. The summed E-state index contributed by atoms with van der Waals surface area (Å²) in [6, 6.07) is 8.46. The highest BCUT2D eigenvalue weighted by Gasteiger charge is 2.07. The Morgan fingerprint density at radius 1 is 1.45 bits per heavy atom. The molecule has 1 heterocycles. The van der Waals surface area contributed by atoms with Crippen molar-refractivity contribution in [3.63, 3.8) is 0 Å². The number of amides is 1. The molecule has 1 aromatic heterocycles. The maximum absolute atomic E-state index is 11.7. The van der Waals surface area contributed by atoms with Crippen LogP contribution in [0.15, 0.2) is 40.8 Å². The van der Waals surface area contributed by atoms with E-state index in [1.807, 2.05) is 17.5 Å². The topological polar surface area (TPSA) is 61.7 Å². The normalized spacial score (nSPS) is 11.4. The van der Waals surface area contributed by atoms with Gasteiger partial charge in [-0.2, -0.15) is 5.10 Å². The van der Waals surface area contributed by atoms with Crippen molar-refractivity contribution in [3.8, 4) is 5.75 Å². The average Bonchev–Trinajstić information content (AvgIpc) is 2.91. The molecule has 0 atom stereocenters. The molecule has 2 rings (SSSR count). The molecule has 20 heavy (non-hydrogen) atoms. The van der Waals surface area contributed by atoms with Gasteiger partial charge >= 0.3 is 0 Å². The summed E-state index contributed by atoms with van der Waals surface area (Å²) in [6.07, 6.45) is 0.288. The summed E-state index contributed by atoms with van der Waals surface area (Å²) in [7, 11) is 0. The minimum absolute atomic E-state index is 0.0724. The molecule has 104 valence electrons. The Balaban J connectivity index is 2.03. The zero-order valence-electron chi connectivity index (χ0n) is 10.8. The number of hydrogen-bond acceptors (Lipinski definition) is 4. The van der Waals surface area contributed by atoms with Crippen LogP contribution >= 0.6 is 22.9 Å². The summed E-state index contributed by atoms with van der Waals surface area (Å²) in [4.78, 5) is 12.7. The number of aromatic hydroxyl groups is 1. The molecule has 6 heteroatoms. The first-order valence-electron chi connectivity index (χ1n) is 5.90. The smallest absolute Gasteiger partial charge is 0.245 e. The van der Waals surface area contributed by atoms with Gasteiger partial charge in [0.1, 0.15) is 5.75 Å². The number of phenolic OH excluding ortho intramolecular Hbond substituents is 1. The summed E-state index contributed by atoms with van der Waals surface area (Å²) >= 11 is 7.39. The number of halogens is 1. The van der Waals surface area contributed by atoms with Crippen LogP contribution in [-0.2, 0) is 11.2 Å². The van der Waals surface area contributed by atoms with Gasteiger partial charge in [-0.15, -0.1) is 11.3 Å². The average molecular weight is 309 g/mol. The summed E-state index contributed by atoms with van der Waals surface area (Å²) < 4.78 is 0. The molecular weight excluding hydrogens is 296 g/mol. The number of benzene rings is 1. The van der Waals surface area contributed by atoms with E-state index in [0.29, 0.717) is 16.3 Å². The lowest BCUT2D eigenvalue weighted by molar-refractivity contribution is -0.120. The van der Waals surface area contributed by atoms with E-state index < -0.39 is 0 Å². The standard InChI is InChI=1S/C14H13ClN2O2S/c1-9(12-7-10(15)4-5-13(12)18)16-17-14(19)8-11-3-2-6-20-11/h2-7,18H,8H2,1H3,(H,17,19)/b16-9+. The SMILES string of the molecule is C/C(=N\NC(=O)Cc1cccs1)c1cc(Cl)ccc1O. The van der Waals surface area contributed by atoms with Crippen molar-refractivity contribution in [2.45, 2.75) is 13.3 Å². The zero-order valence-corrected chi connectivity index (χ0v) is 12.3. The Labute approximate surface area is 125 Å². The van der Waals surface area contributed by atoms with Crippen molar-refractivity contribution in [1.29, 1.82) is 0 Å². The fraction of sp³-hybridized carbons (Fsp3) is 0.143. The molecule has 0 bridgehead atoms. The molecule has 0 aliphatic rings. The van der Waals surface area contributed by atoms with E-state index >= 15 is 0 Å². The fourth-order valence-electron chi connectivity index (χ4n) is 1.62. The van der Waals surface area contributed by atoms with Crippen LogP contribution in [0.25, 0.3) is 0 Å². The van der Waals surface area contributed by atoms with Crippen LogP contribution in [0.3, 0.4) is 0 Å². The maximum atomic E-state index is 11.7. The molecule has 0 saturated carbocycles. The molecule has 0 spiro atoms. The van der Waals surface area contributed by atoms with E-state index in [1.54, 1.807) is 19.1 Å². The minimum atomic E-state index is -0.201. The largest absolute Gasteiger partial charge is 0.507 e. The van der Waals surface area contributed by atoms with Gasteiger partial charge in [-0.25, -0.2) is 5.43 Å². The molecule has 1 amide bonds. The Bertz CT molecular complexity index is 639. The van der Waals surface area contributed by atoms with Crippen LogP contribution in [0, 0.1) is 0 Å². The summed E-state index contributed by atoms with van der Waals surface area (Å²) in [5.74, 6) is -0.128. The van der Waals surface area contributed by atoms with Crippen LogP contribution in [0.1, 0.15) is 17.4 Å². The first kappa shape index (κ1) is 14.6. The van der Waals surface area contributed by atoms with E-state index in [4.69, 9.17) is 11.6 Å². The highest BCUT2D eigenvalue weighted by molar-refractivity contribution is 7.10. The van der Waals surface area contributed by atoms with Crippen molar-refractivity contribution < 1.29 is 9.90 Å². The second-order valence-electron chi connectivity index (χ2n) is 4.15. The van der Waals surface area contributed by atoms with Crippen molar-refractivity contribution in [3.05, 3.63) is 51.2 Å². The quantitative estimate of drug-likeness (QED) is 0.673. The zero-order chi connectivity index (χ0) is 14.5. The van der Waals surface area contributed by atoms with Gasteiger partial charge in [0.25, 0.3) is 0 Å². The highest BCUT2D eigenvalue weighted by Crippen LogP contribution is 2.22. The molecular formula is C14H13ClN2O2S. The van der Waals surface area contributed by atoms with Crippen LogP contribution in [0.4, 0.5) is 0 Å². The van der Waals surface area contributed by atoms with Gasteiger partial charge in [-0.05, 0) is 36.6 Å². The molecule has 0 radical (unpaired) electrons. The minimum Gasteiger partial charge on any atom is -0.507 e. The molecule has 0 aliphatic heterocycles. The second kappa shape index (κ2) is 6.54. The van der Waals surface area contributed by atoms with Crippen LogP contribution in [0.5, 0.6) is 5.75 Å². The summed E-state index contributed by atoms with van der Waals surface area (Å²) in [6.45, 7) is 1.69. The van der Waals surface area contributed by atoms with Crippen molar-refractivity contribution >= 4 is 34.6 Å². The third kappa shape index (κ3) is 3.82. The number of nitrogens with zero attached hydrogens (tertiary/aromatic N) is 1. The molecule has 0 unspecified atom stereocenters. The number of thiophene rings is 1. The van der Waals surface area contributed by atoms with E-state index in [-0.39, 0.29) is 18.1 Å². The number of rotatable bonds is 4. The molecule has 0 aliphatic carbocycles. The second-order valence-corrected chi connectivity index (χ2v) is 5.62. The van der Waals surface area contributed by atoms with Crippen LogP contribution in [0.2, 0.25) is 5.02 Å². The number of hydrogen-bond donors (Lipinski definition) is 2. The molecule has 1 aromatic carbocycles. The summed E-state index contributed by atoms with van der Waals surface area (Å²) in [5.41, 5.74) is 3.45. The van der Waals surface area contributed by atoms with E-state index in [1.165, 1.54) is 17.4 Å². The van der Waals surface area contributed by atoms with Gasteiger partial charge in [0, 0.05) is 15.5 Å². The number of phenols is 1. The van der Waals surface area contributed by atoms with E-state index in [2.05, 4.69) is 10.5 Å². The van der Waals surface area contributed by atoms with Crippen LogP contribution in [-0.4, -0.2) is 16.7 Å². The van der Waals surface area contributed by atoms with Gasteiger partial charge in [-0.3, -0.25) is 4.79 Å². The lowest BCUT2D eigenvalue weighted by Gasteiger charge is -2.05. The maximum Gasteiger partial charge on any atom is 0.245 e. The number of nitrogens with one attached hydrogen (secondary N) is 1. The Morgan fingerprint density at radius 3 is 2.95 bits per heavy atom. The summed E-state index contributed by atoms with van der Waals surface area (Å²) in [5, 5.41) is 16.1. The first-order valence-corrected chi connectivity index (χ1v) is 7.16. The van der Waals surface area contributed by atoms with Crippen molar-refractivity contribution in [2.75, 3.05) is 0 Å². The van der Waals surface area contributed by atoms with Gasteiger partial charge < -0.3 is 5.11 Å². The van der Waals surface area contributed by atoms with Crippen molar-refractivity contribution in [1.82, 2.24) is 5.43 Å². The highest BCUT2D eigenvalue weighted by atomic mass is 35.5. The monoisotopic (exact) mass is 308 g/mol. The van der Waals surface area contributed by atoms with E-state index in [9.17, 15) is 9.90 Å². The van der Waals surface area contributed by atoms with E-state index in [0.717, 1.165) is 4.88 Å². The Hall–Kier alpha value is -1.85. The predicted molar refractivity (Wildman–Crippen MR) is 81.5 cm³/mol. The molecule has 2 N–H and O–H groups in total. The number of carbonyl (C=O) groups is 1. The van der Waals surface area contributed by atoms with Gasteiger partial charge in [0.2, 0.25) is 5.91 Å². The van der Waals surface area contributed by atoms with Crippen molar-refractivity contribution in [2.24, 2.45) is 5.10 Å².